The highest BCUT2D eigenvalue weighted by atomic mass is 16.5. The fourth-order valence-corrected chi connectivity index (χ4v) is 1.80. The van der Waals surface area contributed by atoms with Gasteiger partial charge in [0.05, 0.1) is 6.07 Å². The molecule has 0 bridgehead atoms. The molecule has 1 amide bonds. The van der Waals surface area contributed by atoms with Crippen LogP contribution in [0, 0.1) is 11.3 Å². The third-order valence-electron chi connectivity index (χ3n) is 2.81. The number of primary amides is 1. The molecule has 0 saturated carbocycles. The summed E-state index contributed by atoms with van der Waals surface area (Å²) < 4.78 is 5.18. The van der Waals surface area contributed by atoms with Gasteiger partial charge >= 0.3 is 0 Å². The molecule has 0 fully saturated rings. The van der Waals surface area contributed by atoms with Crippen molar-refractivity contribution in [2.75, 3.05) is 11.9 Å². The molecule has 0 aromatic heterocycles. The summed E-state index contributed by atoms with van der Waals surface area (Å²) in [4.78, 5) is 10.6. The zero-order valence-electron chi connectivity index (χ0n) is 11.3. The van der Waals surface area contributed by atoms with Gasteiger partial charge in [0.1, 0.15) is 11.8 Å². The molecular weight excluding hydrogens is 266 g/mol. The molecule has 0 saturated heterocycles. The lowest BCUT2D eigenvalue weighted by Gasteiger charge is -2.13. The SMILES string of the molecule is N#CC(Nc1ccccc1)c1ccc(OCC(N)=O)cc1. The van der Waals surface area contributed by atoms with Crippen molar-refractivity contribution in [3.8, 4) is 11.8 Å². The number of hydrogen-bond donors (Lipinski definition) is 2. The van der Waals surface area contributed by atoms with E-state index in [1.54, 1.807) is 24.3 Å². The maximum atomic E-state index is 10.6. The van der Waals surface area contributed by atoms with Gasteiger partial charge in [-0.3, -0.25) is 4.79 Å². The summed E-state index contributed by atoms with van der Waals surface area (Å²) in [5.74, 6) is 0.00803. The van der Waals surface area contributed by atoms with E-state index in [4.69, 9.17) is 10.5 Å². The molecule has 0 aliphatic carbocycles. The Hall–Kier alpha value is -3.00. The highest BCUT2D eigenvalue weighted by Gasteiger charge is 2.10. The molecule has 106 valence electrons. The first-order valence-corrected chi connectivity index (χ1v) is 6.41. The Bertz CT molecular complexity index is 633. The van der Waals surface area contributed by atoms with E-state index in [1.165, 1.54) is 0 Å². The van der Waals surface area contributed by atoms with Crippen molar-refractivity contribution >= 4 is 11.6 Å². The fraction of sp³-hybridized carbons (Fsp3) is 0.125. The van der Waals surface area contributed by atoms with Crippen LogP contribution < -0.4 is 15.8 Å². The number of ether oxygens (including phenoxy) is 1. The van der Waals surface area contributed by atoms with Crippen molar-refractivity contribution in [2.45, 2.75) is 6.04 Å². The quantitative estimate of drug-likeness (QED) is 0.849. The molecule has 5 nitrogen and oxygen atoms in total. The Balaban J connectivity index is 2.05. The lowest BCUT2D eigenvalue weighted by molar-refractivity contribution is -0.119. The van der Waals surface area contributed by atoms with E-state index in [1.807, 2.05) is 30.3 Å². The van der Waals surface area contributed by atoms with E-state index in [9.17, 15) is 10.1 Å². The minimum Gasteiger partial charge on any atom is -0.484 e. The average Bonchev–Trinajstić information content (AvgIpc) is 2.52. The van der Waals surface area contributed by atoms with Crippen molar-refractivity contribution in [1.29, 1.82) is 5.26 Å². The minimum atomic E-state index is -0.528. The molecule has 0 radical (unpaired) electrons. The van der Waals surface area contributed by atoms with Crippen LogP contribution in [0.5, 0.6) is 5.75 Å². The van der Waals surface area contributed by atoms with Crippen LogP contribution in [0.3, 0.4) is 0 Å². The number of nitrogens with one attached hydrogen (secondary N) is 1. The van der Waals surface area contributed by atoms with Crippen molar-refractivity contribution < 1.29 is 9.53 Å². The number of nitrogens with zero attached hydrogens (tertiary/aromatic N) is 1. The van der Waals surface area contributed by atoms with Crippen LogP contribution in [-0.2, 0) is 4.79 Å². The van der Waals surface area contributed by atoms with E-state index in [0.29, 0.717) is 5.75 Å². The summed E-state index contributed by atoms with van der Waals surface area (Å²) in [5, 5.41) is 12.4. The molecule has 0 spiro atoms. The molecule has 5 heteroatoms. The summed E-state index contributed by atoms with van der Waals surface area (Å²) in [5.41, 5.74) is 6.69. The van der Waals surface area contributed by atoms with Gasteiger partial charge < -0.3 is 15.8 Å². The minimum absolute atomic E-state index is 0.163. The first-order valence-electron chi connectivity index (χ1n) is 6.41. The number of hydrogen-bond acceptors (Lipinski definition) is 4. The van der Waals surface area contributed by atoms with Gasteiger partial charge in [-0.15, -0.1) is 0 Å². The zero-order valence-corrected chi connectivity index (χ0v) is 11.3. The lowest BCUT2D eigenvalue weighted by atomic mass is 10.1. The summed E-state index contributed by atoms with van der Waals surface area (Å²) in [6.45, 7) is -0.163. The number of para-hydroxylation sites is 1. The Morgan fingerprint density at radius 1 is 1.19 bits per heavy atom. The lowest BCUT2D eigenvalue weighted by Crippen LogP contribution is -2.20. The maximum absolute atomic E-state index is 10.6. The molecule has 2 aromatic carbocycles. The Morgan fingerprint density at radius 2 is 1.86 bits per heavy atom. The second kappa shape index (κ2) is 6.96. The Morgan fingerprint density at radius 3 is 2.43 bits per heavy atom. The first-order chi connectivity index (χ1) is 10.2. The van der Waals surface area contributed by atoms with Crippen LogP contribution in [0.2, 0.25) is 0 Å². The van der Waals surface area contributed by atoms with E-state index in [2.05, 4.69) is 11.4 Å². The molecular formula is C16H15N3O2. The number of nitriles is 1. The summed E-state index contributed by atoms with van der Waals surface area (Å²) in [7, 11) is 0. The van der Waals surface area contributed by atoms with E-state index in [0.717, 1.165) is 11.3 Å². The normalized spacial score (nSPS) is 11.2. The van der Waals surface area contributed by atoms with E-state index < -0.39 is 11.9 Å². The molecule has 21 heavy (non-hydrogen) atoms. The van der Waals surface area contributed by atoms with Crippen LogP contribution in [0.1, 0.15) is 11.6 Å². The van der Waals surface area contributed by atoms with Gasteiger partial charge in [0.15, 0.2) is 6.61 Å². The number of anilines is 1. The topological polar surface area (TPSA) is 88.1 Å². The molecule has 0 heterocycles. The number of rotatable bonds is 6. The second-order valence-corrected chi connectivity index (χ2v) is 4.40. The van der Waals surface area contributed by atoms with E-state index >= 15 is 0 Å². The molecule has 1 atom stereocenters. The van der Waals surface area contributed by atoms with Gasteiger partial charge in [0, 0.05) is 5.69 Å². The third-order valence-corrected chi connectivity index (χ3v) is 2.81. The predicted molar refractivity (Wildman–Crippen MR) is 79.6 cm³/mol. The van der Waals surface area contributed by atoms with Crippen LogP contribution in [0.15, 0.2) is 54.6 Å². The largest absolute Gasteiger partial charge is 0.484 e. The van der Waals surface area contributed by atoms with Crippen LogP contribution in [0.25, 0.3) is 0 Å². The molecule has 1 unspecified atom stereocenters. The van der Waals surface area contributed by atoms with E-state index in [-0.39, 0.29) is 6.61 Å². The van der Waals surface area contributed by atoms with Gasteiger partial charge in [-0.1, -0.05) is 30.3 Å². The first kappa shape index (κ1) is 14.4. The number of benzene rings is 2. The molecule has 0 aliphatic heterocycles. The smallest absolute Gasteiger partial charge is 0.255 e. The summed E-state index contributed by atoms with van der Waals surface area (Å²) in [6.07, 6.45) is 0. The average molecular weight is 281 g/mol. The predicted octanol–water partition coefficient (Wildman–Crippen LogP) is 2.23. The highest BCUT2D eigenvalue weighted by molar-refractivity contribution is 5.75. The standard InChI is InChI=1S/C16H15N3O2/c17-10-15(19-13-4-2-1-3-5-13)12-6-8-14(9-7-12)21-11-16(18)20/h1-9,15,19H,11H2,(H2,18,20). The number of nitrogens with two attached hydrogens (primary N) is 1. The van der Waals surface area contributed by atoms with Gasteiger partial charge in [-0.2, -0.15) is 5.26 Å². The van der Waals surface area contributed by atoms with Gasteiger partial charge in [0.2, 0.25) is 0 Å². The Labute approximate surface area is 123 Å². The van der Waals surface area contributed by atoms with Crippen LogP contribution in [-0.4, -0.2) is 12.5 Å². The van der Waals surface area contributed by atoms with Gasteiger partial charge in [0.25, 0.3) is 5.91 Å². The fourth-order valence-electron chi connectivity index (χ4n) is 1.80. The highest BCUT2D eigenvalue weighted by Crippen LogP contribution is 2.21. The number of carbonyl (C=O) groups is 1. The third kappa shape index (κ3) is 4.25. The zero-order chi connectivity index (χ0) is 15.1. The summed E-state index contributed by atoms with van der Waals surface area (Å²) >= 11 is 0. The number of amides is 1. The van der Waals surface area contributed by atoms with Crippen LogP contribution >= 0.6 is 0 Å². The molecule has 3 N–H and O–H groups in total. The molecule has 2 rings (SSSR count). The van der Waals surface area contributed by atoms with Crippen molar-refractivity contribution in [2.24, 2.45) is 5.73 Å². The summed E-state index contributed by atoms with van der Waals surface area (Å²) in [6, 6.07) is 18.2. The maximum Gasteiger partial charge on any atom is 0.255 e. The molecule has 2 aromatic rings. The van der Waals surface area contributed by atoms with Gasteiger partial charge in [-0.25, -0.2) is 0 Å². The van der Waals surface area contributed by atoms with Crippen LogP contribution in [0.4, 0.5) is 5.69 Å². The van der Waals surface area contributed by atoms with Gasteiger partial charge in [-0.05, 0) is 29.8 Å². The monoisotopic (exact) mass is 281 g/mol. The molecule has 0 aliphatic rings. The number of carbonyl (C=O) groups excluding carboxylic acids is 1. The Kier molecular flexibility index (Phi) is 4.78. The van der Waals surface area contributed by atoms with Crippen molar-refractivity contribution in [1.82, 2.24) is 0 Å². The van der Waals surface area contributed by atoms with Crippen molar-refractivity contribution in [3.63, 3.8) is 0 Å². The van der Waals surface area contributed by atoms with Crippen molar-refractivity contribution in [3.05, 3.63) is 60.2 Å². The second-order valence-electron chi connectivity index (χ2n) is 4.40.